The second kappa shape index (κ2) is 10.2. The van der Waals surface area contributed by atoms with Gasteiger partial charge in [0.25, 0.3) is 0 Å². The Morgan fingerprint density at radius 2 is 1.05 bits per heavy atom. The van der Waals surface area contributed by atoms with Crippen LogP contribution in [0.25, 0.3) is 0 Å². The molecular formula is C16H36NO2+. The van der Waals surface area contributed by atoms with Gasteiger partial charge in [0.05, 0.1) is 31.6 Å². The summed E-state index contributed by atoms with van der Waals surface area (Å²) in [7, 11) is 0. The van der Waals surface area contributed by atoms with E-state index >= 15 is 0 Å². The van der Waals surface area contributed by atoms with Gasteiger partial charge in [-0.15, -0.1) is 0 Å². The smallest absolute Gasteiger partial charge is 0.309 e. The number of carbonyl (C=O) groups is 1. The molecule has 19 heavy (non-hydrogen) atoms. The number of carboxylic acid groups (broad SMARTS) is 1. The van der Waals surface area contributed by atoms with Crippen LogP contribution in [0.5, 0.6) is 0 Å². The van der Waals surface area contributed by atoms with Crippen LogP contribution in [0, 0.1) is 5.41 Å². The Bertz CT molecular complexity index is 205. The Morgan fingerprint density at radius 3 is 1.05 bits per heavy atom. The van der Waals surface area contributed by atoms with Gasteiger partial charge in [0.2, 0.25) is 0 Å². The Morgan fingerprint density at radius 1 is 0.789 bits per heavy atom. The van der Waals surface area contributed by atoms with E-state index in [0.29, 0.717) is 0 Å². The fourth-order valence-corrected chi connectivity index (χ4v) is 2.55. The third-order valence-corrected chi connectivity index (χ3v) is 5.17. The monoisotopic (exact) mass is 274 g/mol. The predicted molar refractivity (Wildman–Crippen MR) is 83.4 cm³/mol. The van der Waals surface area contributed by atoms with E-state index in [1.54, 1.807) is 0 Å². The lowest BCUT2D eigenvalue weighted by molar-refractivity contribution is -0.921. The molecule has 1 N–H and O–H groups in total. The predicted octanol–water partition coefficient (Wildman–Crippen LogP) is 4.17. The minimum absolute atomic E-state index is 0.458. The zero-order chi connectivity index (χ0) is 15.5. The molecule has 116 valence electrons. The van der Waals surface area contributed by atoms with Gasteiger partial charge in [-0.05, 0) is 47.0 Å². The fourth-order valence-electron chi connectivity index (χ4n) is 2.55. The highest BCUT2D eigenvalue weighted by molar-refractivity contribution is 5.74. The van der Waals surface area contributed by atoms with Crippen LogP contribution in [0.4, 0.5) is 0 Å². The van der Waals surface area contributed by atoms with E-state index in [1.807, 2.05) is 20.8 Å². The molecule has 3 heteroatoms. The highest BCUT2D eigenvalue weighted by Gasteiger charge is 2.32. The minimum Gasteiger partial charge on any atom is -0.481 e. The first kappa shape index (κ1) is 20.7. The van der Waals surface area contributed by atoms with Gasteiger partial charge in [-0.25, -0.2) is 0 Å². The van der Waals surface area contributed by atoms with Crippen molar-refractivity contribution in [3.8, 4) is 0 Å². The summed E-state index contributed by atoms with van der Waals surface area (Å²) in [6.07, 6.45) is 2.19. The summed E-state index contributed by atoms with van der Waals surface area (Å²) in [5.41, 5.74) is -0.458. The highest BCUT2D eigenvalue weighted by atomic mass is 16.4. The summed E-state index contributed by atoms with van der Waals surface area (Å²) in [6, 6.07) is 0. The second-order valence-corrected chi connectivity index (χ2v) is 5.25. The van der Waals surface area contributed by atoms with Gasteiger partial charge in [0.1, 0.15) is 0 Å². The van der Waals surface area contributed by atoms with E-state index in [1.165, 1.54) is 30.7 Å². The molecule has 0 aromatic rings. The molecule has 0 radical (unpaired) electrons. The van der Waals surface area contributed by atoms with Gasteiger partial charge in [0.15, 0.2) is 0 Å². The van der Waals surface area contributed by atoms with E-state index < -0.39 is 11.4 Å². The molecule has 0 aliphatic heterocycles. The number of carboxylic acids is 1. The van der Waals surface area contributed by atoms with Crippen LogP contribution in [0.1, 0.15) is 67.7 Å². The molecule has 3 nitrogen and oxygen atoms in total. The molecular weight excluding hydrogens is 238 g/mol. The number of nitrogens with zero attached hydrogens (tertiary/aromatic N) is 1. The summed E-state index contributed by atoms with van der Waals surface area (Å²) < 4.78 is 1.28. The van der Waals surface area contributed by atoms with Crippen LogP contribution in [0.15, 0.2) is 0 Å². The first-order chi connectivity index (χ1) is 8.87. The van der Waals surface area contributed by atoms with Crippen LogP contribution in [-0.4, -0.2) is 41.7 Å². The van der Waals surface area contributed by atoms with E-state index in [4.69, 9.17) is 5.11 Å². The summed E-state index contributed by atoms with van der Waals surface area (Å²) in [4.78, 5) is 10.7. The van der Waals surface area contributed by atoms with Crippen LogP contribution in [-0.2, 0) is 4.79 Å². The van der Waals surface area contributed by atoms with Crippen molar-refractivity contribution < 1.29 is 14.4 Å². The fraction of sp³-hybridized carbons (Fsp3) is 0.938. The standard InChI is InChI=1S/C8H20N.C8H16O2/c1-5-9(6-2,7-3)8-4;1-4-8(5-2,6-3)7(9)10/h5-8H2,1-4H3;4-6H2,1-3H3,(H,9,10)/q+1;. The maximum Gasteiger partial charge on any atom is 0.309 e. The molecule has 0 aliphatic carbocycles. The molecule has 0 unspecified atom stereocenters. The lowest BCUT2D eigenvalue weighted by Gasteiger charge is -2.34. The first-order valence-electron chi connectivity index (χ1n) is 7.95. The van der Waals surface area contributed by atoms with Crippen molar-refractivity contribution >= 4 is 5.97 Å². The number of hydrogen-bond acceptors (Lipinski definition) is 1. The van der Waals surface area contributed by atoms with Gasteiger partial charge in [-0.3, -0.25) is 4.79 Å². The van der Waals surface area contributed by atoms with Crippen molar-refractivity contribution in [2.75, 3.05) is 26.2 Å². The Balaban J connectivity index is 0. The largest absolute Gasteiger partial charge is 0.481 e. The van der Waals surface area contributed by atoms with Gasteiger partial charge in [-0.1, -0.05) is 20.8 Å². The van der Waals surface area contributed by atoms with E-state index in [-0.39, 0.29) is 0 Å². The lowest BCUT2D eigenvalue weighted by Crippen LogP contribution is -2.47. The van der Waals surface area contributed by atoms with Crippen LogP contribution in [0.3, 0.4) is 0 Å². The van der Waals surface area contributed by atoms with Crippen molar-refractivity contribution in [1.29, 1.82) is 0 Å². The maximum atomic E-state index is 10.7. The zero-order valence-electron chi connectivity index (χ0n) is 14.3. The average molecular weight is 274 g/mol. The summed E-state index contributed by atoms with van der Waals surface area (Å²) >= 11 is 0. The first-order valence-corrected chi connectivity index (χ1v) is 7.95. The summed E-state index contributed by atoms with van der Waals surface area (Å²) in [5, 5.41) is 8.82. The van der Waals surface area contributed by atoms with Crippen LogP contribution >= 0.6 is 0 Å². The Hall–Kier alpha value is -0.570. The summed E-state index contributed by atoms with van der Waals surface area (Å²) in [6.45, 7) is 20.0. The Labute approximate surface area is 120 Å². The molecule has 0 aromatic carbocycles. The molecule has 0 fully saturated rings. The topological polar surface area (TPSA) is 37.3 Å². The highest BCUT2D eigenvalue weighted by Crippen LogP contribution is 2.30. The molecule has 0 spiro atoms. The molecule has 0 aromatic heterocycles. The van der Waals surface area contributed by atoms with Crippen LogP contribution in [0.2, 0.25) is 0 Å². The number of aliphatic carboxylic acids is 1. The number of quaternary nitrogens is 1. The minimum atomic E-state index is -0.653. The van der Waals surface area contributed by atoms with Gasteiger partial charge in [0, 0.05) is 0 Å². The molecule has 0 amide bonds. The van der Waals surface area contributed by atoms with E-state index in [0.717, 1.165) is 19.3 Å². The van der Waals surface area contributed by atoms with Gasteiger partial charge >= 0.3 is 5.97 Å². The number of rotatable bonds is 8. The average Bonchev–Trinajstić information content (AvgIpc) is 2.45. The van der Waals surface area contributed by atoms with Crippen LogP contribution < -0.4 is 0 Å². The molecule has 0 aliphatic rings. The van der Waals surface area contributed by atoms with Crippen molar-refractivity contribution in [3.63, 3.8) is 0 Å². The van der Waals surface area contributed by atoms with Gasteiger partial charge < -0.3 is 9.59 Å². The third kappa shape index (κ3) is 5.94. The molecule has 0 saturated heterocycles. The van der Waals surface area contributed by atoms with E-state index in [9.17, 15) is 4.79 Å². The maximum absolute atomic E-state index is 10.7. The van der Waals surface area contributed by atoms with Crippen molar-refractivity contribution in [2.45, 2.75) is 67.7 Å². The molecule has 0 heterocycles. The molecule has 0 saturated carbocycles. The van der Waals surface area contributed by atoms with Crippen molar-refractivity contribution in [2.24, 2.45) is 5.41 Å². The lowest BCUT2D eigenvalue weighted by atomic mass is 9.80. The summed E-state index contributed by atoms with van der Waals surface area (Å²) in [5.74, 6) is -0.653. The Kier molecular flexibility index (Phi) is 11.2. The van der Waals surface area contributed by atoms with Crippen molar-refractivity contribution in [1.82, 2.24) is 0 Å². The normalized spacial score (nSPS) is 11.7. The van der Waals surface area contributed by atoms with Crippen molar-refractivity contribution in [3.05, 3.63) is 0 Å². The zero-order valence-corrected chi connectivity index (χ0v) is 14.3. The SMILES string of the molecule is CCC(CC)(CC)C(=O)O.CC[N+](CC)(CC)CC. The molecule has 0 rings (SSSR count). The molecule has 0 atom stereocenters. The third-order valence-electron chi connectivity index (χ3n) is 5.17. The quantitative estimate of drug-likeness (QED) is 0.674. The van der Waals surface area contributed by atoms with Gasteiger partial charge in [-0.2, -0.15) is 0 Å². The second-order valence-electron chi connectivity index (χ2n) is 5.25. The van der Waals surface area contributed by atoms with E-state index in [2.05, 4.69) is 27.7 Å². The number of hydrogen-bond donors (Lipinski definition) is 1. The molecule has 0 bridgehead atoms.